The van der Waals surface area contributed by atoms with Gasteiger partial charge in [0.25, 0.3) is 0 Å². The molecule has 1 aliphatic heterocycles. The van der Waals surface area contributed by atoms with Gasteiger partial charge in [0, 0.05) is 11.0 Å². The van der Waals surface area contributed by atoms with Gasteiger partial charge in [-0.2, -0.15) is 5.10 Å². The number of benzene rings is 2. The van der Waals surface area contributed by atoms with Crippen LogP contribution in [-0.4, -0.2) is 43.9 Å². The van der Waals surface area contributed by atoms with Crippen LogP contribution in [0.2, 0.25) is 0 Å². The molecule has 1 unspecified atom stereocenters. The molecule has 0 aromatic heterocycles. The van der Waals surface area contributed by atoms with Gasteiger partial charge in [-0.05, 0) is 64.7 Å². The van der Waals surface area contributed by atoms with Crippen LogP contribution in [-0.2, 0) is 4.79 Å². The van der Waals surface area contributed by atoms with E-state index in [-0.39, 0.29) is 11.9 Å². The number of methoxy groups -OCH3 is 2. The summed E-state index contributed by atoms with van der Waals surface area (Å²) in [4.78, 5) is 12.7. The average molecular weight is 432 g/mol. The lowest BCUT2D eigenvalue weighted by Crippen LogP contribution is -2.36. The van der Waals surface area contributed by atoms with E-state index in [9.17, 15) is 4.79 Å². The minimum absolute atomic E-state index is 0.0520. The van der Waals surface area contributed by atoms with Gasteiger partial charge in [-0.3, -0.25) is 9.80 Å². The zero-order chi connectivity index (χ0) is 19.2. The van der Waals surface area contributed by atoms with Gasteiger partial charge in [-0.15, -0.1) is 0 Å². The van der Waals surface area contributed by atoms with E-state index in [0.29, 0.717) is 11.5 Å². The molecule has 0 aliphatic carbocycles. The smallest absolute Gasteiger partial charge is 0.248 e. The molecule has 1 N–H and O–H groups in total. The number of rotatable bonds is 6. The summed E-state index contributed by atoms with van der Waals surface area (Å²) in [5.74, 6) is 1.26. The van der Waals surface area contributed by atoms with E-state index in [1.54, 1.807) is 20.4 Å². The maximum atomic E-state index is 12.7. The number of carbonyl (C=O) groups is 1. The van der Waals surface area contributed by atoms with Crippen LogP contribution in [0.15, 0.2) is 52.0 Å². The number of halogens is 1. The Bertz CT molecular complexity index is 841. The maximum absolute atomic E-state index is 12.7. The largest absolute Gasteiger partial charge is 0.493 e. The Kier molecular flexibility index (Phi) is 6.34. The molecular formula is C20H22BrN3O3. The predicted molar refractivity (Wildman–Crippen MR) is 110 cm³/mol. The number of para-hydroxylation sites is 1. The van der Waals surface area contributed by atoms with Crippen molar-refractivity contribution in [3.05, 3.63) is 52.5 Å². The highest BCUT2D eigenvalue weighted by atomic mass is 79.9. The van der Waals surface area contributed by atoms with Gasteiger partial charge in [0.2, 0.25) is 5.91 Å². The van der Waals surface area contributed by atoms with Crippen LogP contribution < -0.4 is 14.8 Å². The third-order valence-corrected chi connectivity index (χ3v) is 5.11. The molecule has 1 aliphatic rings. The zero-order valence-electron chi connectivity index (χ0n) is 15.3. The Morgan fingerprint density at radius 3 is 2.74 bits per heavy atom. The molecule has 3 rings (SSSR count). The number of amides is 1. The molecule has 142 valence electrons. The van der Waals surface area contributed by atoms with Gasteiger partial charge in [0.15, 0.2) is 11.5 Å². The van der Waals surface area contributed by atoms with Crippen LogP contribution in [0.1, 0.15) is 18.4 Å². The van der Waals surface area contributed by atoms with E-state index < -0.39 is 0 Å². The van der Waals surface area contributed by atoms with E-state index in [2.05, 4.69) is 26.3 Å². The van der Waals surface area contributed by atoms with Gasteiger partial charge in [-0.25, -0.2) is 0 Å². The fraction of sp³-hybridized carbons (Fsp3) is 0.300. The number of carbonyl (C=O) groups excluding carboxylic acids is 1. The van der Waals surface area contributed by atoms with E-state index in [1.165, 1.54) is 0 Å². The molecule has 1 atom stereocenters. The van der Waals surface area contributed by atoms with Crippen LogP contribution in [0.3, 0.4) is 0 Å². The molecule has 7 heteroatoms. The minimum atomic E-state index is -0.284. The van der Waals surface area contributed by atoms with E-state index in [0.717, 1.165) is 35.1 Å². The van der Waals surface area contributed by atoms with Gasteiger partial charge in [-0.1, -0.05) is 12.1 Å². The fourth-order valence-electron chi connectivity index (χ4n) is 3.01. The van der Waals surface area contributed by atoms with Crippen LogP contribution in [0.25, 0.3) is 0 Å². The lowest BCUT2D eigenvalue weighted by Gasteiger charge is -2.21. The molecule has 1 fully saturated rings. The summed E-state index contributed by atoms with van der Waals surface area (Å²) in [6, 6.07) is 12.9. The fourth-order valence-corrected chi connectivity index (χ4v) is 3.39. The first-order chi connectivity index (χ1) is 13.1. The van der Waals surface area contributed by atoms with Gasteiger partial charge in [0.1, 0.15) is 6.04 Å². The molecule has 0 saturated carbocycles. The van der Waals surface area contributed by atoms with Crippen molar-refractivity contribution < 1.29 is 14.3 Å². The molecule has 2 aromatic carbocycles. The van der Waals surface area contributed by atoms with Crippen LogP contribution in [0.4, 0.5) is 5.69 Å². The quantitative estimate of drug-likeness (QED) is 0.704. The first kappa shape index (κ1) is 19.2. The first-order valence-electron chi connectivity index (χ1n) is 8.70. The molecular weight excluding hydrogens is 410 g/mol. The van der Waals surface area contributed by atoms with Crippen molar-refractivity contribution >= 4 is 33.7 Å². The lowest BCUT2D eigenvalue weighted by molar-refractivity contribution is -0.120. The summed E-state index contributed by atoms with van der Waals surface area (Å²) in [7, 11) is 3.20. The second-order valence-corrected chi connectivity index (χ2v) is 7.00. The minimum Gasteiger partial charge on any atom is -0.493 e. The third-order valence-electron chi connectivity index (χ3n) is 4.42. The van der Waals surface area contributed by atoms with E-state index >= 15 is 0 Å². The number of hydrogen-bond acceptors (Lipinski definition) is 5. The molecule has 1 heterocycles. The highest BCUT2D eigenvalue weighted by Gasteiger charge is 2.30. The van der Waals surface area contributed by atoms with Crippen molar-refractivity contribution in [1.29, 1.82) is 0 Å². The molecule has 2 aromatic rings. The SMILES string of the molecule is COc1ccc(/C=N/N2CCCC2C(=O)Nc2ccccc2Br)cc1OC. The Hall–Kier alpha value is -2.54. The Balaban J connectivity index is 1.70. The highest BCUT2D eigenvalue weighted by Crippen LogP contribution is 2.27. The summed E-state index contributed by atoms with van der Waals surface area (Å²) < 4.78 is 11.4. The number of hydrazone groups is 1. The maximum Gasteiger partial charge on any atom is 0.248 e. The number of hydrogen-bond donors (Lipinski definition) is 1. The van der Waals surface area contributed by atoms with Gasteiger partial charge >= 0.3 is 0 Å². The summed E-state index contributed by atoms with van der Waals surface area (Å²) >= 11 is 3.46. The molecule has 27 heavy (non-hydrogen) atoms. The number of nitrogens with zero attached hydrogens (tertiary/aromatic N) is 2. The average Bonchev–Trinajstić information content (AvgIpc) is 3.16. The topological polar surface area (TPSA) is 63.2 Å². The Labute approximate surface area is 167 Å². The van der Waals surface area contributed by atoms with Crippen LogP contribution in [0.5, 0.6) is 11.5 Å². The highest BCUT2D eigenvalue weighted by molar-refractivity contribution is 9.10. The van der Waals surface area contributed by atoms with Gasteiger partial charge in [0.05, 0.1) is 26.1 Å². The van der Waals surface area contributed by atoms with Crippen molar-refractivity contribution in [3.8, 4) is 11.5 Å². The van der Waals surface area contributed by atoms with Crippen LogP contribution in [0, 0.1) is 0 Å². The standard InChI is InChI=1S/C20H22BrN3O3/c1-26-18-10-9-14(12-19(18)27-2)13-22-24-11-5-8-17(24)20(25)23-16-7-4-3-6-15(16)21/h3-4,6-7,9-10,12-13,17H,5,8,11H2,1-2H3,(H,23,25)/b22-13+. The summed E-state index contributed by atoms with van der Waals surface area (Å²) in [6.45, 7) is 0.748. The van der Waals surface area contributed by atoms with E-state index in [4.69, 9.17) is 9.47 Å². The molecule has 1 amide bonds. The number of anilines is 1. The molecule has 1 saturated heterocycles. The third kappa shape index (κ3) is 4.60. The summed E-state index contributed by atoms with van der Waals surface area (Å²) in [5, 5.41) is 9.34. The van der Waals surface area contributed by atoms with E-state index in [1.807, 2.05) is 47.5 Å². The molecule has 0 radical (unpaired) electrons. The van der Waals surface area contributed by atoms with Crippen molar-refractivity contribution in [1.82, 2.24) is 5.01 Å². The number of ether oxygens (including phenoxy) is 2. The Morgan fingerprint density at radius 1 is 1.22 bits per heavy atom. The van der Waals surface area contributed by atoms with Gasteiger partial charge < -0.3 is 14.8 Å². The van der Waals surface area contributed by atoms with Crippen LogP contribution >= 0.6 is 15.9 Å². The summed E-state index contributed by atoms with van der Waals surface area (Å²) in [5.41, 5.74) is 1.64. The predicted octanol–water partition coefficient (Wildman–Crippen LogP) is 3.90. The second kappa shape index (κ2) is 8.90. The second-order valence-electron chi connectivity index (χ2n) is 6.15. The molecule has 0 spiro atoms. The lowest BCUT2D eigenvalue weighted by atomic mass is 10.2. The van der Waals surface area contributed by atoms with Crippen molar-refractivity contribution in [2.24, 2.45) is 5.10 Å². The zero-order valence-corrected chi connectivity index (χ0v) is 16.9. The van der Waals surface area contributed by atoms with Crippen molar-refractivity contribution in [3.63, 3.8) is 0 Å². The molecule has 0 bridgehead atoms. The monoisotopic (exact) mass is 431 g/mol. The van der Waals surface area contributed by atoms with Crippen molar-refractivity contribution in [2.45, 2.75) is 18.9 Å². The molecule has 6 nitrogen and oxygen atoms in total. The van der Waals surface area contributed by atoms with Crippen molar-refractivity contribution in [2.75, 3.05) is 26.1 Å². The summed E-state index contributed by atoms with van der Waals surface area (Å²) in [6.07, 6.45) is 3.45. The normalized spacial score (nSPS) is 16.6. The number of nitrogens with one attached hydrogen (secondary N) is 1. The first-order valence-corrected chi connectivity index (χ1v) is 9.49. The Morgan fingerprint density at radius 2 is 2.00 bits per heavy atom.